The summed E-state index contributed by atoms with van der Waals surface area (Å²) in [5, 5.41) is 10.1. The van der Waals surface area contributed by atoms with Crippen LogP contribution in [0.1, 0.15) is 36.0 Å². The van der Waals surface area contributed by atoms with Gasteiger partial charge in [-0.05, 0) is 31.0 Å². The van der Waals surface area contributed by atoms with Crippen molar-refractivity contribution < 1.29 is 9.90 Å². The van der Waals surface area contributed by atoms with Crippen molar-refractivity contribution in [2.75, 3.05) is 17.7 Å². The lowest BCUT2D eigenvalue weighted by Gasteiger charge is -2.37. The molecule has 0 radical (unpaired) electrons. The molecular formula is C14H21N3O2. The van der Waals surface area contributed by atoms with Crippen LogP contribution in [-0.4, -0.2) is 30.2 Å². The van der Waals surface area contributed by atoms with Crippen molar-refractivity contribution in [3.05, 3.63) is 23.8 Å². The van der Waals surface area contributed by atoms with Crippen molar-refractivity contribution >= 4 is 17.3 Å². The maximum Gasteiger partial charge on any atom is 0.250 e. The third-order valence-electron chi connectivity index (χ3n) is 3.86. The number of likely N-dealkylation sites (N-methyl/N-ethyl adjacent to an activating group) is 1. The molecule has 5 N–H and O–H groups in total. The number of nitrogen functional groups attached to an aromatic ring is 1. The van der Waals surface area contributed by atoms with Crippen molar-refractivity contribution in [1.29, 1.82) is 0 Å². The number of hydrogen-bond donors (Lipinski definition) is 3. The lowest BCUT2D eigenvalue weighted by atomic mass is 9.91. The summed E-state index contributed by atoms with van der Waals surface area (Å²) in [5.74, 6) is -0.501. The third-order valence-corrected chi connectivity index (χ3v) is 3.86. The number of nitrogens with two attached hydrogens (primary N) is 2. The highest BCUT2D eigenvalue weighted by atomic mass is 16.3. The van der Waals surface area contributed by atoms with Crippen molar-refractivity contribution in [3.63, 3.8) is 0 Å². The lowest BCUT2D eigenvalue weighted by Crippen LogP contribution is -2.44. The summed E-state index contributed by atoms with van der Waals surface area (Å²) in [4.78, 5) is 13.5. The standard InChI is InChI=1S/C14H21N3O2/c1-17(12-4-2-3-5-13(12)18)11-7-6-9(15)8-10(11)14(16)19/h6-8,12-13,18H,2-5,15H2,1H3,(H2,16,19). The molecule has 2 unspecified atom stereocenters. The number of hydrogen-bond acceptors (Lipinski definition) is 4. The molecule has 0 bridgehead atoms. The number of aliphatic hydroxyl groups excluding tert-OH is 1. The second-order valence-electron chi connectivity index (χ2n) is 5.17. The first-order chi connectivity index (χ1) is 9.00. The molecule has 1 saturated carbocycles. The maximum absolute atomic E-state index is 11.5. The summed E-state index contributed by atoms with van der Waals surface area (Å²) in [6, 6.07) is 5.14. The Morgan fingerprint density at radius 2 is 2.05 bits per heavy atom. The molecular weight excluding hydrogens is 242 g/mol. The highest BCUT2D eigenvalue weighted by Crippen LogP contribution is 2.29. The number of aliphatic hydroxyl groups is 1. The molecule has 1 aliphatic carbocycles. The summed E-state index contributed by atoms with van der Waals surface area (Å²) >= 11 is 0. The Hall–Kier alpha value is -1.75. The van der Waals surface area contributed by atoms with Crippen LogP contribution in [0.25, 0.3) is 0 Å². The lowest BCUT2D eigenvalue weighted by molar-refractivity contribution is 0.0992. The van der Waals surface area contributed by atoms with Gasteiger partial charge in [0.2, 0.25) is 0 Å². The van der Waals surface area contributed by atoms with E-state index >= 15 is 0 Å². The Balaban J connectivity index is 2.32. The van der Waals surface area contributed by atoms with E-state index in [9.17, 15) is 9.90 Å². The first-order valence-electron chi connectivity index (χ1n) is 6.61. The zero-order valence-electron chi connectivity index (χ0n) is 11.2. The number of nitrogens with zero attached hydrogens (tertiary/aromatic N) is 1. The second-order valence-corrected chi connectivity index (χ2v) is 5.17. The fourth-order valence-electron chi connectivity index (χ4n) is 2.78. The molecule has 1 amide bonds. The van der Waals surface area contributed by atoms with Crippen LogP contribution in [0.5, 0.6) is 0 Å². The van der Waals surface area contributed by atoms with Crippen LogP contribution in [0.2, 0.25) is 0 Å². The zero-order valence-corrected chi connectivity index (χ0v) is 11.2. The molecule has 1 aromatic rings. The Bertz CT molecular complexity index is 476. The molecule has 5 nitrogen and oxygen atoms in total. The number of carbonyl (C=O) groups is 1. The van der Waals surface area contributed by atoms with Gasteiger partial charge in [0, 0.05) is 18.4 Å². The molecule has 1 aliphatic rings. The molecule has 1 fully saturated rings. The third kappa shape index (κ3) is 2.81. The molecule has 19 heavy (non-hydrogen) atoms. The highest BCUT2D eigenvalue weighted by molar-refractivity contribution is 5.99. The molecule has 0 spiro atoms. The molecule has 1 aromatic carbocycles. The largest absolute Gasteiger partial charge is 0.399 e. The molecule has 0 aromatic heterocycles. The molecule has 104 valence electrons. The van der Waals surface area contributed by atoms with E-state index in [2.05, 4.69) is 0 Å². The Morgan fingerprint density at radius 1 is 1.37 bits per heavy atom. The van der Waals surface area contributed by atoms with Gasteiger partial charge in [-0.2, -0.15) is 0 Å². The quantitative estimate of drug-likeness (QED) is 0.712. The van der Waals surface area contributed by atoms with Crippen molar-refractivity contribution in [3.8, 4) is 0 Å². The van der Waals surface area contributed by atoms with Gasteiger partial charge in [-0.15, -0.1) is 0 Å². The molecule has 0 saturated heterocycles. The number of benzene rings is 1. The summed E-state index contributed by atoms with van der Waals surface area (Å²) in [6.07, 6.45) is 3.50. The van der Waals surface area contributed by atoms with E-state index in [0.29, 0.717) is 11.3 Å². The summed E-state index contributed by atoms with van der Waals surface area (Å²) in [5.41, 5.74) is 12.7. The van der Waals surface area contributed by atoms with E-state index < -0.39 is 5.91 Å². The maximum atomic E-state index is 11.5. The summed E-state index contributed by atoms with van der Waals surface area (Å²) < 4.78 is 0. The highest BCUT2D eigenvalue weighted by Gasteiger charge is 2.28. The summed E-state index contributed by atoms with van der Waals surface area (Å²) in [6.45, 7) is 0. The van der Waals surface area contributed by atoms with E-state index in [0.717, 1.165) is 31.4 Å². The molecule has 0 heterocycles. The molecule has 5 heteroatoms. The van der Waals surface area contributed by atoms with E-state index in [4.69, 9.17) is 11.5 Å². The minimum absolute atomic E-state index is 0.0236. The van der Waals surface area contributed by atoms with Gasteiger partial charge in [-0.25, -0.2) is 0 Å². The number of amides is 1. The van der Waals surface area contributed by atoms with Crippen molar-refractivity contribution in [2.45, 2.75) is 37.8 Å². The fraction of sp³-hybridized carbons (Fsp3) is 0.500. The van der Waals surface area contributed by atoms with Crippen LogP contribution in [0, 0.1) is 0 Å². The van der Waals surface area contributed by atoms with Gasteiger partial charge in [0.25, 0.3) is 5.91 Å². The smallest absolute Gasteiger partial charge is 0.250 e. The average Bonchev–Trinajstić information content (AvgIpc) is 2.38. The predicted molar refractivity (Wildman–Crippen MR) is 76.0 cm³/mol. The van der Waals surface area contributed by atoms with E-state index in [1.54, 1.807) is 18.2 Å². The van der Waals surface area contributed by atoms with Crippen LogP contribution in [0.3, 0.4) is 0 Å². The fourth-order valence-corrected chi connectivity index (χ4v) is 2.78. The minimum Gasteiger partial charge on any atom is -0.399 e. The van der Waals surface area contributed by atoms with Crippen LogP contribution in [0.4, 0.5) is 11.4 Å². The average molecular weight is 263 g/mol. The number of primary amides is 1. The topological polar surface area (TPSA) is 92.6 Å². The van der Waals surface area contributed by atoms with E-state index in [-0.39, 0.29) is 12.1 Å². The predicted octanol–water partition coefficient (Wildman–Crippen LogP) is 1.11. The SMILES string of the molecule is CN(c1ccc(N)cc1C(N)=O)C1CCCCC1O. The Kier molecular flexibility index (Phi) is 3.95. The molecule has 2 atom stereocenters. The minimum atomic E-state index is -0.501. The number of anilines is 2. The Labute approximate surface area is 113 Å². The van der Waals surface area contributed by atoms with Crippen molar-refractivity contribution in [2.24, 2.45) is 5.73 Å². The molecule has 2 rings (SSSR count). The van der Waals surface area contributed by atoms with Gasteiger partial charge < -0.3 is 21.5 Å². The van der Waals surface area contributed by atoms with E-state index in [1.807, 2.05) is 11.9 Å². The molecule has 0 aliphatic heterocycles. The first-order valence-corrected chi connectivity index (χ1v) is 6.61. The van der Waals surface area contributed by atoms with Gasteiger partial charge in [-0.3, -0.25) is 4.79 Å². The van der Waals surface area contributed by atoms with E-state index in [1.165, 1.54) is 0 Å². The van der Waals surface area contributed by atoms with Crippen LogP contribution < -0.4 is 16.4 Å². The van der Waals surface area contributed by atoms with Crippen molar-refractivity contribution in [1.82, 2.24) is 0 Å². The first kappa shape index (κ1) is 13.7. The Morgan fingerprint density at radius 3 is 2.68 bits per heavy atom. The van der Waals surface area contributed by atoms with Crippen LogP contribution in [0.15, 0.2) is 18.2 Å². The monoisotopic (exact) mass is 263 g/mol. The summed E-state index contributed by atoms with van der Waals surface area (Å²) in [7, 11) is 1.89. The van der Waals surface area contributed by atoms with Crippen LogP contribution in [-0.2, 0) is 0 Å². The van der Waals surface area contributed by atoms with Gasteiger partial charge in [-0.1, -0.05) is 12.8 Å². The van der Waals surface area contributed by atoms with Crippen LogP contribution >= 0.6 is 0 Å². The normalized spacial score (nSPS) is 23.1. The second kappa shape index (κ2) is 5.48. The zero-order chi connectivity index (χ0) is 14.0. The van der Waals surface area contributed by atoms with Gasteiger partial charge in [0.05, 0.1) is 17.7 Å². The number of carbonyl (C=O) groups excluding carboxylic acids is 1. The van der Waals surface area contributed by atoms with Gasteiger partial charge >= 0.3 is 0 Å². The van der Waals surface area contributed by atoms with Gasteiger partial charge in [0.15, 0.2) is 0 Å². The number of rotatable bonds is 3. The van der Waals surface area contributed by atoms with Gasteiger partial charge in [0.1, 0.15) is 0 Å².